The zero-order valence-electron chi connectivity index (χ0n) is 53.4. The fraction of sp³-hybridized carbons (Fsp3) is 0.638. The molecule has 0 rings (SSSR count). The largest absolute Gasteiger partial charge is 0.472 e. The molecule has 5 unspecified atom stereocenters. The molecule has 0 saturated heterocycles. The first-order valence-corrected chi connectivity index (χ1v) is 35.5. The molecule has 16 nitrogen and oxygen atoms in total. The van der Waals surface area contributed by atoms with E-state index in [1.54, 1.807) is 0 Å². The number of aliphatic hydroxyl groups excluding tert-OH is 2. The van der Waals surface area contributed by atoms with Crippen LogP contribution in [0.1, 0.15) is 226 Å². The van der Waals surface area contributed by atoms with E-state index in [0.29, 0.717) is 25.7 Å². The van der Waals surface area contributed by atoms with Crippen molar-refractivity contribution in [1.82, 2.24) is 0 Å². The third-order valence-corrected chi connectivity index (χ3v) is 14.8. The van der Waals surface area contributed by atoms with Crippen LogP contribution in [0.25, 0.3) is 0 Å². The van der Waals surface area contributed by atoms with Crippen LogP contribution in [0.15, 0.2) is 134 Å². The van der Waals surface area contributed by atoms with E-state index in [1.807, 2.05) is 18.2 Å². The van der Waals surface area contributed by atoms with E-state index in [9.17, 15) is 43.5 Å². The van der Waals surface area contributed by atoms with Crippen molar-refractivity contribution < 1.29 is 75.8 Å². The number of carbonyl (C=O) groups excluding carboxylic acids is 3. The van der Waals surface area contributed by atoms with Gasteiger partial charge >= 0.3 is 33.6 Å². The van der Waals surface area contributed by atoms with E-state index in [4.69, 9.17) is 32.3 Å². The van der Waals surface area contributed by atoms with Gasteiger partial charge in [0, 0.05) is 19.3 Å². The summed E-state index contributed by atoms with van der Waals surface area (Å²) in [5.74, 6) is -1.69. The second kappa shape index (κ2) is 61.9. The molecule has 0 fully saturated rings. The second-order valence-electron chi connectivity index (χ2n) is 21.1. The standard InChI is InChI=1S/C69H114O16P2/c1-4-7-10-13-16-19-22-25-28-30-31-33-36-37-40-43-46-49-52-55-67(72)79-58-64(70)59-81-86(75,76)82-60-65(71)61-83-87(77,78)84-63-66(85-69(74)57-54-51-48-45-42-39-34-27-24-21-18-15-12-9-6-3)62-80-68(73)56-53-50-47-44-41-38-35-32-29-26-23-20-17-14-11-8-5-2/h7-8,10-11,16-21,25-29,31,33-34,37,40,46,49,64-66,70-71H,4-6,9,12-15,22-24,30,32,35-36,38-39,41-45,47-48,50-63H2,1-3H3,(H,75,76)(H,77,78)/b10-7-,11-8-,19-16-,20-17-,21-18-,28-25-,29-26-,33-31-,34-27-,40-37-,49-46-. The molecule has 18 heteroatoms. The molecule has 0 aromatic rings. The Morgan fingerprint density at radius 3 is 1.03 bits per heavy atom. The van der Waals surface area contributed by atoms with Crippen LogP contribution in [0.2, 0.25) is 0 Å². The van der Waals surface area contributed by atoms with Gasteiger partial charge in [-0.2, -0.15) is 0 Å². The average molecular weight is 1260 g/mol. The smallest absolute Gasteiger partial charge is 0.463 e. The Morgan fingerprint density at radius 1 is 0.333 bits per heavy atom. The number of phosphoric acid groups is 2. The Morgan fingerprint density at radius 2 is 0.632 bits per heavy atom. The summed E-state index contributed by atoms with van der Waals surface area (Å²) in [6.07, 6.45) is 70.9. The van der Waals surface area contributed by atoms with Gasteiger partial charge in [0.25, 0.3) is 0 Å². The monoisotopic (exact) mass is 1260 g/mol. The lowest BCUT2D eigenvalue weighted by Gasteiger charge is -2.21. The van der Waals surface area contributed by atoms with E-state index in [0.717, 1.165) is 141 Å². The highest BCUT2D eigenvalue weighted by Crippen LogP contribution is 2.45. The van der Waals surface area contributed by atoms with Crippen molar-refractivity contribution in [2.24, 2.45) is 0 Å². The summed E-state index contributed by atoms with van der Waals surface area (Å²) in [5.41, 5.74) is 0. The van der Waals surface area contributed by atoms with Crippen LogP contribution in [-0.2, 0) is 55.8 Å². The van der Waals surface area contributed by atoms with Gasteiger partial charge < -0.3 is 34.2 Å². The zero-order chi connectivity index (χ0) is 63.8. The number of esters is 3. The van der Waals surface area contributed by atoms with Crippen LogP contribution in [0.4, 0.5) is 0 Å². The second-order valence-corrected chi connectivity index (χ2v) is 24.1. The van der Waals surface area contributed by atoms with Gasteiger partial charge in [-0.05, 0) is 122 Å². The van der Waals surface area contributed by atoms with Crippen molar-refractivity contribution >= 4 is 33.6 Å². The minimum atomic E-state index is -4.94. The Kier molecular flexibility index (Phi) is 58.8. The minimum absolute atomic E-state index is 0.0562. The van der Waals surface area contributed by atoms with Gasteiger partial charge in [-0.1, -0.05) is 219 Å². The van der Waals surface area contributed by atoms with Gasteiger partial charge in [-0.3, -0.25) is 32.5 Å². The highest BCUT2D eigenvalue weighted by Gasteiger charge is 2.29. The zero-order valence-corrected chi connectivity index (χ0v) is 55.2. The van der Waals surface area contributed by atoms with Crippen LogP contribution in [0.3, 0.4) is 0 Å². The molecule has 0 saturated carbocycles. The number of rotatable bonds is 60. The number of allylic oxidation sites excluding steroid dienone is 22. The maximum Gasteiger partial charge on any atom is 0.472 e. The topological polar surface area (TPSA) is 231 Å². The van der Waals surface area contributed by atoms with Crippen LogP contribution < -0.4 is 0 Å². The van der Waals surface area contributed by atoms with Crippen molar-refractivity contribution in [2.75, 3.05) is 39.6 Å². The Labute approximate surface area is 525 Å². The van der Waals surface area contributed by atoms with Crippen LogP contribution in [-0.4, -0.2) is 95.9 Å². The average Bonchev–Trinajstić information content (AvgIpc) is 3.68. The Balaban J connectivity index is 4.77. The first kappa shape index (κ1) is 82.7. The Bertz CT molecular complexity index is 2120. The molecule has 0 aliphatic heterocycles. The number of aliphatic hydroxyl groups is 2. The van der Waals surface area contributed by atoms with Crippen LogP contribution in [0, 0.1) is 0 Å². The predicted molar refractivity (Wildman–Crippen MR) is 353 cm³/mol. The predicted octanol–water partition coefficient (Wildman–Crippen LogP) is 17.6. The number of phosphoric ester groups is 2. The maximum atomic E-state index is 12.9. The number of hydrogen-bond acceptors (Lipinski definition) is 14. The highest BCUT2D eigenvalue weighted by atomic mass is 31.2. The van der Waals surface area contributed by atoms with E-state index >= 15 is 0 Å². The third kappa shape index (κ3) is 63.1. The first-order valence-electron chi connectivity index (χ1n) is 32.5. The van der Waals surface area contributed by atoms with E-state index in [2.05, 4.69) is 136 Å². The number of unbranched alkanes of at least 4 members (excludes halogenated alkanes) is 15. The molecule has 87 heavy (non-hydrogen) atoms. The normalized spacial score (nSPS) is 15.2. The summed E-state index contributed by atoms with van der Waals surface area (Å²) in [6.45, 7) is 2.27. The van der Waals surface area contributed by atoms with E-state index in [-0.39, 0.29) is 19.3 Å². The lowest BCUT2D eigenvalue weighted by atomic mass is 10.1. The number of hydrogen-bond donors (Lipinski definition) is 4. The molecular weight excluding hydrogens is 1150 g/mol. The van der Waals surface area contributed by atoms with Crippen molar-refractivity contribution in [1.29, 1.82) is 0 Å². The van der Waals surface area contributed by atoms with E-state index < -0.39 is 91.5 Å². The molecule has 496 valence electrons. The summed E-state index contributed by atoms with van der Waals surface area (Å²) in [7, 11) is -9.81. The molecule has 0 bridgehead atoms. The van der Waals surface area contributed by atoms with Crippen molar-refractivity contribution in [3.05, 3.63) is 134 Å². The molecule has 0 spiro atoms. The van der Waals surface area contributed by atoms with Crippen LogP contribution >= 0.6 is 15.6 Å². The van der Waals surface area contributed by atoms with Gasteiger partial charge in [0.05, 0.1) is 26.4 Å². The van der Waals surface area contributed by atoms with Gasteiger partial charge in [-0.25, -0.2) is 9.13 Å². The van der Waals surface area contributed by atoms with Gasteiger partial charge in [0.2, 0.25) is 0 Å². The fourth-order valence-electron chi connectivity index (χ4n) is 7.93. The SMILES string of the molecule is CC/C=C\C/C=C\C/C=C\C/C=C\C/C=C\C/C=C\CCC(=O)OCC(O)COP(=O)(O)OCC(O)COP(=O)(O)OCC(COC(=O)CCCCCCCCC/C=C\C/C=C\C/C=C\CC)OC(=O)CCCCCCC/C=C\C/C=C\CCCCC. The number of carbonyl (C=O) groups is 3. The first-order chi connectivity index (χ1) is 42.2. The molecule has 0 aromatic carbocycles. The van der Waals surface area contributed by atoms with Gasteiger partial charge in [-0.15, -0.1) is 0 Å². The quantitative estimate of drug-likeness (QED) is 0.0146. The summed E-state index contributed by atoms with van der Waals surface area (Å²) in [6, 6.07) is 0. The molecule has 0 amide bonds. The molecule has 0 aliphatic rings. The van der Waals surface area contributed by atoms with Gasteiger partial charge in [0.15, 0.2) is 6.10 Å². The Hall–Kier alpha value is -4.31. The maximum absolute atomic E-state index is 12.9. The molecule has 4 N–H and O–H groups in total. The molecule has 0 radical (unpaired) electrons. The van der Waals surface area contributed by atoms with Gasteiger partial charge in [0.1, 0.15) is 25.4 Å². The summed E-state index contributed by atoms with van der Waals surface area (Å²) in [5, 5.41) is 20.5. The third-order valence-electron chi connectivity index (χ3n) is 12.9. The summed E-state index contributed by atoms with van der Waals surface area (Å²) < 4.78 is 60.7. The molecule has 0 aromatic heterocycles. The molecule has 5 atom stereocenters. The summed E-state index contributed by atoms with van der Waals surface area (Å²) in [4.78, 5) is 58.3. The van der Waals surface area contributed by atoms with Crippen LogP contribution in [0.5, 0.6) is 0 Å². The lowest BCUT2D eigenvalue weighted by molar-refractivity contribution is -0.161. The highest BCUT2D eigenvalue weighted by molar-refractivity contribution is 7.47. The molecule has 0 aliphatic carbocycles. The molecular formula is C69H114O16P2. The van der Waals surface area contributed by atoms with Crippen molar-refractivity contribution in [2.45, 2.75) is 245 Å². The number of ether oxygens (including phenoxy) is 3. The van der Waals surface area contributed by atoms with Crippen molar-refractivity contribution in [3.63, 3.8) is 0 Å². The molecule has 0 heterocycles. The minimum Gasteiger partial charge on any atom is -0.463 e. The van der Waals surface area contributed by atoms with E-state index in [1.165, 1.54) is 19.3 Å². The lowest BCUT2D eigenvalue weighted by Crippen LogP contribution is -2.30. The van der Waals surface area contributed by atoms with Crippen molar-refractivity contribution in [3.8, 4) is 0 Å². The summed E-state index contributed by atoms with van der Waals surface area (Å²) >= 11 is 0. The fourth-order valence-corrected chi connectivity index (χ4v) is 9.52.